The highest BCUT2D eigenvalue weighted by Gasteiger charge is 2.04. The fourth-order valence-electron chi connectivity index (χ4n) is 1.25. The minimum atomic E-state index is -0.270. The molecule has 6 heteroatoms. The van der Waals surface area contributed by atoms with Crippen molar-refractivity contribution in [2.24, 2.45) is 0 Å². The Morgan fingerprint density at radius 2 is 2.28 bits per heavy atom. The summed E-state index contributed by atoms with van der Waals surface area (Å²) < 4.78 is 6.23. The summed E-state index contributed by atoms with van der Waals surface area (Å²) in [5.74, 6) is 0.809. The monoisotopic (exact) mass is 307 g/mol. The lowest BCUT2D eigenvalue weighted by molar-refractivity contribution is -0.118. The van der Waals surface area contributed by atoms with Crippen molar-refractivity contribution in [3.05, 3.63) is 47.3 Å². The first-order valence-corrected chi connectivity index (χ1v) is 5.97. The van der Waals surface area contributed by atoms with Crippen LogP contribution in [0.15, 0.2) is 47.3 Å². The Balaban J connectivity index is 1.85. The van der Waals surface area contributed by atoms with Gasteiger partial charge in [0.25, 0.3) is 5.91 Å². The minimum absolute atomic E-state index is 0.0690. The fraction of sp³-hybridized carbons (Fsp3) is 0.0833. The van der Waals surface area contributed by atoms with E-state index in [1.807, 2.05) is 12.1 Å². The molecule has 0 bridgehead atoms. The Morgan fingerprint density at radius 1 is 1.39 bits per heavy atom. The van der Waals surface area contributed by atoms with Crippen LogP contribution >= 0.6 is 15.9 Å². The maximum atomic E-state index is 11.6. The quantitative estimate of drug-likeness (QED) is 0.941. The zero-order valence-corrected chi connectivity index (χ0v) is 10.9. The van der Waals surface area contributed by atoms with E-state index in [1.165, 1.54) is 6.33 Å². The normalized spacial score (nSPS) is 9.83. The topological polar surface area (TPSA) is 64.1 Å². The van der Waals surface area contributed by atoms with Crippen LogP contribution in [0.4, 0.5) is 5.82 Å². The van der Waals surface area contributed by atoms with Gasteiger partial charge in [-0.1, -0.05) is 22.0 Å². The molecular formula is C12H10BrN3O2. The molecule has 18 heavy (non-hydrogen) atoms. The smallest absolute Gasteiger partial charge is 0.263 e. The van der Waals surface area contributed by atoms with Gasteiger partial charge < -0.3 is 10.1 Å². The average molecular weight is 308 g/mol. The SMILES string of the molecule is O=C(COc1cccc(Br)c1)Nc1ccncn1. The maximum Gasteiger partial charge on any atom is 0.263 e. The van der Waals surface area contributed by atoms with E-state index in [1.54, 1.807) is 24.4 Å². The number of halogens is 1. The van der Waals surface area contributed by atoms with Crippen molar-refractivity contribution < 1.29 is 9.53 Å². The molecule has 5 nitrogen and oxygen atoms in total. The van der Waals surface area contributed by atoms with E-state index < -0.39 is 0 Å². The van der Waals surface area contributed by atoms with Crippen LogP contribution in [-0.4, -0.2) is 22.5 Å². The van der Waals surface area contributed by atoms with Crippen LogP contribution in [0.5, 0.6) is 5.75 Å². The van der Waals surface area contributed by atoms with Gasteiger partial charge in [0.05, 0.1) is 0 Å². The first kappa shape index (κ1) is 12.5. The Labute approximate surface area is 112 Å². The summed E-state index contributed by atoms with van der Waals surface area (Å²) in [6.45, 7) is -0.0690. The van der Waals surface area contributed by atoms with Crippen molar-refractivity contribution in [3.63, 3.8) is 0 Å². The Hall–Kier alpha value is -1.95. The Bertz CT molecular complexity index is 534. The number of ether oxygens (including phenoxy) is 1. The molecule has 0 radical (unpaired) electrons. The van der Waals surface area contributed by atoms with Gasteiger partial charge in [0.2, 0.25) is 0 Å². The highest BCUT2D eigenvalue weighted by Crippen LogP contribution is 2.17. The summed E-state index contributed by atoms with van der Waals surface area (Å²) in [5.41, 5.74) is 0. The summed E-state index contributed by atoms with van der Waals surface area (Å²) in [5, 5.41) is 2.60. The molecule has 0 spiro atoms. The van der Waals surface area contributed by atoms with E-state index in [4.69, 9.17) is 4.74 Å². The number of carbonyl (C=O) groups excluding carboxylic acids is 1. The predicted octanol–water partition coefficient (Wildman–Crippen LogP) is 2.26. The van der Waals surface area contributed by atoms with Crippen LogP contribution in [0.3, 0.4) is 0 Å². The maximum absolute atomic E-state index is 11.6. The number of nitrogens with zero attached hydrogens (tertiary/aromatic N) is 2. The molecule has 1 aromatic heterocycles. The second-order valence-electron chi connectivity index (χ2n) is 3.39. The molecule has 0 atom stereocenters. The van der Waals surface area contributed by atoms with Gasteiger partial charge in [-0.15, -0.1) is 0 Å². The second-order valence-corrected chi connectivity index (χ2v) is 4.30. The van der Waals surface area contributed by atoms with Crippen molar-refractivity contribution in [1.29, 1.82) is 0 Å². The molecular weight excluding hydrogens is 298 g/mol. The zero-order chi connectivity index (χ0) is 12.8. The molecule has 92 valence electrons. The lowest BCUT2D eigenvalue weighted by Crippen LogP contribution is -2.20. The number of aromatic nitrogens is 2. The Morgan fingerprint density at radius 3 is 3.00 bits per heavy atom. The number of amides is 1. The molecule has 1 heterocycles. The molecule has 1 amide bonds. The standard InChI is InChI=1S/C12H10BrN3O2/c13-9-2-1-3-10(6-9)18-7-12(17)16-11-4-5-14-8-15-11/h1-6,8H,7H2,(H,14,15,16,17). The van der Waals surface area contributed by atoms with Crippen molar-refractivity contribution in [3.8, 4) is 5.75 Å². The molecule has 1 aromatic carbocycles. The number of nitrogens with one attached hydrogen (secondary N) is 1. The van der Waals surface area contributed by atoms with E-state index in [2.05, 4.69) is 31.2 Å². The van der Waals surface area contributed by atoms with Gasteiger partial charge in [-0.05, 0) is 24.3 Å². The predicted molar refractivity (Wildman–Crippen MR) is 70.3 cm³/mol. The highest BCUT2D eigenvalue weighted by molar-refractivity contribution is 9.10. The number of hydrogen-bond acceptors (Lipinski definition) is 4. The summed E-state index contributed by atoms with van der Waals surface area (Å²) in [4.78, 5) is 19.2. The molecule has 0 unspecified atom stereocenters. The van der Waals surface area contributed by atoms with Gasteiger partial charge in [-0.2, -0.15) is 0 Å². The molecule has 0 aliphatic carbocycles. The average Bonchev–Trinajstić information content (AvgIpc) is 2.38. The van der Waals surface area contributed by atoms with Gasteiger partial charge >= 0.3 is 0 Å². The largest absolute Gasteiger partial charge is 0.484 e. The highest BCUT2D eigenvalue weighted by atomic mass is 79.9. The van der Waals surface area contributed by atoms with Gasteiger partial charge in [0.1, 0.15) is 17.9 Å². The van der Waals surface area contributed by atoms with Crippen LogP contribution in [0.1, 0.15) is 0 Å². The number of benzene rings is 1. The fourth-order valence-corrected chi connectivity index (χ4v) is 1.63. The van der Waals surface area contributed by atoms with E-state index in [0.29, 0.717) is 11.6 Å². The third kappa shape index (κ3) is 3.81. The lowest BCUT2D eigenvalue weighted by Gasteiger charge is -2.06. The Kier molecular flexibility index (Phi) is 4.25. The first-order valence-electron chi connectivity index (χ1n) is 5.18. The van der Waals surface area contributed by atoms with Crippen molar-refractivity contribution in [2.75, 3.05) is 11.9 Å². The van der Waals surface area contributed by atoms with Crippen LogP contribution in [0.25, 0.3) is 0 Å². The first-order chi connectivity index (χ1) is 8.74. The van der Waals surface area contributed by atoms with Crippen LogP contribution in [0, 0.1) is 0 Å². The number of anilines is 1. The van der Waals surface area contributed by atoms with Crippen LogP contribution in [0.2, 0.25) is 0 Å². The van der Waals surface area contributed by atoms with Crippen molar-refractivity contribution in [2.45, 2.75) is 0 Å². The van der Waals surface area contributed by atoms with Gasteiger partial charge in [-0.3, -0.25) is 4.79 Å². The summed E-state index contributed by atoms with van der Waals surface area (Å²) in [6.07, 6.45) is 2.92. The number of carbonyl (C=O) groups is 1. The van der Waals surface area contributed by atoms with Gasteiger partial charge in [0.15, 0.2) is 6.61 Å². The lowest BCUT2D eigenvalue weighted by atomic mass is 10.3. The molecule has 2 aromatic rings. The van der Waals surface area contributed by atoms with E-state index >= 15 is 0 Å². The zero-order valence-electron chi connectivity index (χ0n) is 9.34. The number of hydrogen-bond donors (Lipinski definition) is 1. The van der Waals surface area contributed by atoms with E-state index in [-0.39, 0.29) is 12.5 Å². The minimum Gasteiger partial charge on any atom is -0.484 e. The summed E-state index contributed by atoms with van der Waals surface area (Å²) in [7, 11) is 0. The van der Waals surface area contributed by atoms with Crippen molar-refractivity contribution in [1.82, 2.24) is 9.97 Å². The molecule has 0 saturated carbocycles. The molecule has 0 aliphatic rings. The third-order valence-electron chi connectivity index (χ3n) is 2.02. The van der Waals surface area contributed by atoms with Crippen LogP contribution in [-0.2, 0) is 4.79 Å². The molecule has 1 N–H and O–H groups in total. The van der Waals surface area contributed by atoms with Gasteiger partial charge in [-0.25, -0.2) is 9.97 Å². The van der Waals surface area contributed by atoms with Crippen LogP contribution < -0.4 is 10.1 Å². The van der Waals surface area contributed by atoms with Gasteiger partial charge in [0, 0.05) is 10.7 Å². The third-order valence-corrected chi connectivity index (χ3v) is 2.51. The molecule has 0 saturated heterocycles. The van der Waals surface area contributed by atoms with Crippen molar-refractivity contribution >= 4 is 27.7 Å². The number of rotatable bonds is 4. The molecule has 0 aliphatic heterocycles. The van der Waals surface area contributed by atoms with E-state index in [9.17, 15) is 4.79 Å². The summed E-state index contributed by atoms with van der Waals surface area (Å²) in [6, 6.07) is 8.90. The summed E-state index contributed by atoms with van der Waals surface area (Å²) >= 11 is 3.33. The molecule has 2 rings (SSSR count). The second kappa shape index (κ2) is 6.11. The van der Waals surface area contributed by atoms with E-state index in [0.717, 1.165) is 4.47 Å². The molecule has 0 fully saturated rings.